The molecule has 0 fully saturated rings. The standard InChI is InChI=1S/C27H23F3O2Si/c1-33(2,3)26(20-14-16-21(17-15-20)27(28,29)30)22(24(31)18-10-6-4-7-11-18)23(26)25(32)19-12-8-5-9-13-19/h4-17H,1-3H3. The summed E-state index contributed by atoms with van der Waals surface area (Å²) in [6.07, 6.45) is -4.47. The minimum Gasteiger partial charge on any atom is -0.289 e. The van der Waals surface area contributed by atoms with Crippen LogP contribution in [-0.2, 0) is 11.2 Å². The van der Waals surface area contributed by atoms with E-state index >= 15 is 0 Å². The highest BCUT2D eigenvalue weighted by molar-refractivity contribution is 6.83. The Labute approximate surface area is 191 Å². The molecule has 168 valence electrons. The second-order valence-corrected chi connectivity index (χ2v) is 14.5. The van der Waals surface area contributed by atoms with E-state index < -0.39 is 24.9 Å². The van der Waals surface area contributed by atoms with Gasteiger partial charge in [0.05, 0.1) is 13.6 Å². The molecule has 0 heterocycles. The molecule has 0 amide bonds. The summed E-state index contributed by atoms with van der Waals surface area (Å²) in [6.45, 7) is 6.11. The molecule has 3 aromatic rings. The molecule has 0 spiro atoms. The fourth-order valence-corrected chi connectivity index (χ4v) is 7.64. The second-order valence-electron chi connectivity index (χ2n) is 9.22. The van der Waals surface area contributed by atoms with Crippen LogP contribution in [0.4, 0.5) is 13.2 Å². The monoisotopic (exact) mass is 464 g/mol. The van der Waals surface area contributed by atoms with Crippen molar-refractivity contribution in [1.82, 2.24) is 0 Å². The van der Waals surface area contributed by atoms with Gasteiger partial charge in [0, 0.05) is 27.3 Å². The molecule has 0 bridgehead atoms. The van der Waals surface area contributed by atoms with Crippen molar-refractivity contribution in [3.05, 3.63) is 118 Å². The highest BCUT2D eigenvalue weighted by Crippen LogP contribution is 2.61. The molecule has 3 aromatic carbocycles. The van der Waals surface area contributed by atoms with Crippen LogP contribution in [0.1, 0.15) is 31.8 Å². The first kappa shape index (κ1) is 22.9. The number of carbonyl (C=O) groups excluding carboxylic acids is 2. The van der Waals surface area contributed by atoms with Crippen LogP contribution < -0.4 is 0 Å². The number of hydrogen-bond donors (Lipinski definition) is 0. The first-order valence-electron chi connectivity index (χ1n) is 10.6. The zero-order chi connectivity index (χ0) is 24.0. The van der Waals surface area contributed by atoms with Crippen molar-refractivity contribution in [3.8, 4) is 0 Å². The van der Waals surface area contributed by atoms with Gasteiger partial charge in [0.25, 0.3) is 0 Å². The lowest BCUT2D eigenvalue weighted by atomic mass is 9.97. The van der Waals surface area contributed by atoms with Gasteiger partial charge in [0.1, 0.15) is 0 Å². The van der Waals surface area contributed by atoms with Gasteiger partial charge < -0.3 is 0 Å². The van der Waals surface area contributed by atoms with Crippen LogP contribution in [0, 0.1) is 0 Å². The van der Waals surface area contributed by atoms with Crippen LogP contribution in [0.2, 0.25) is 19.6 Å². The number of alkyl halides is 3. The predicted molar refractivity (Wildman–Crippen MR) is 125 cm³/mol. The van der Waals surface area contributed by atoms with Gasteiger partial charge in [-0.15, -0.1) is 0 Å². The molecule has 1 aliphatic carbocycles. The van der Waals surface area contributed by atoms with Crippen molar-refractivity contribution in [2.24, 2.45) is 0 Å². The number of halogens is 3. The van der Waals surface area contributed by atoms with Gasteiger partial charge >= 0.3 is 6.18 Å². The number of benzene rings is 3. The zero-order valence-corrected chi connectivity index (χ0v) is 19.5. The Morgan fingerprint density at radius 1 is 0.667 bits per heavy atom. The molecule has 4 rings (SSSR count). The first-order chi connectivity index (χ1) is 15.5. The molecule has 0 aliphatic heterocycles. The Balaban J connectivity index is 1.91. The minimum absolute atomic E-state index is 0.253. The van der Waals surface area contributed by atoms with Crippen molar-refractivity contribution in [1.29, 1.82) is 0 Å². The molecule has 2 nitrogen and oxygen atoms in total. The van der Waals surface area contributed by atoms with Gasteiger partial charge in [-0.25, -0.2) is 0 Å². The summed E-state index contributed by atoms with van der Waals surface area (Å²) in [5.41, 5.74) is 1.52. The lowest BCUT2D eigenvalue weighted by Gasteiger charge is -2.33. The summed E-state index contributed by atoms with van der Waals surface area (Å²) in [5.74, 6) is -0.505. The number of hydrogen-bond acceptors (Lipinski definition) is 2. The smallest absolute Gasteiger partial charge is 0.289 e. The van der Waals surface area contributed by atoms with Gasteiger partial charge in [-0.3, -0.25) is 9.59 Å². The molecular weight excluding hydrogens is 441 g/mol. The second kappa shape index (κ2) is 7.95. The third-order valence-corrected chi connectivity index (χ3v) is 9.27. The Morgan fingerprint density at radius 3 is 1.39 bits per heavy atom. The number of Topliss-reactive ketones (excluding diaryl/α,β-unsaturated/α-hetero) is 2. The molecule has 0 radical (unpaired) electrons. The van der Waals surface area contributed by atoms with Gasteiger partial charge in [0.15, 0.2) is 11.6 Å². The first-order valence-corrected chi connectivity index (χ1v) is 14.1. The number of rotatable bonds is 6. The molecule has 0 saturated heterocycles. The lowest BCUT2D eigenvalue weighted by molar-refractivity contribution is -0.137. The van der Waals surface area contributed by atoms with Crippen LogP contribution in [0.5, 0.6) is 0 Å². The van der Waals surface area contributed by atoms with Crippen molar-refractivity contribution >= 4 is 19.6 Å². The SMILES string of the molecule is C[Si](C)(C)C1(c2ccc(C(F)(F)F)cc2)C(C(=O)c2ccccc2)=C1C(=O)c1ccccc1. The van der Waals surface area contributed by atoms with E-state index in [2.05, 4.69) is 0 Å². The summed E-state index contributed by atoms with van der Waals surface area (Å²) in [4.78, 5) is 27.3. The van der Waals surface area contributed by atoms with E-state index in [-0.39, 0.29) is 11.6 Å². The Kier molecular flexibility index (Phi) is 5.53. The van der Waals surface area contributed by atoms with E-state index in [1.54, 1.807) is 60.7 Å². The topological polar surface area (TPSA) is 34.1 Å². The molecular formula is C27H23F3O2Si. The molecule has 0 N–H and O–H groups in total. The lowest BCUT2D eigenvalue weighted by Crippen LogP contribution is -2.44. The van der Waals surface area contributed by atoms with Gasteiger partial charge in [-0.2, -0.15) is 13.2 Å². The fourth-order valence-electron chi connectivity index (χ4n) is 4.70. The van der Waals surface area contributed by atoms with Crippen molar-refractivity contribution < 1.29 is 22.8 Å². The average Bonchev–Trinajstić information content (AvgIpc) is 3.50. The average molecular weight is 465 g/mol. The third kappa shape index (κ3) is 3.78. The van der Waals surface area contributed by atoms with Crippen LogP contribution in [-0.4, -0.2) is 19.6 Å². The van der Waals surface area contributed by atoms with E-state index in [0.717, 1.165) is 12.1 Å². The largest absolute Gasteiger partial charge is 0.416 e. The summed E-state index contributed by atoms with van der Waals surface area (Å²) in [7, 11) is -2.39. The van der Waals surface area contributed by atoms with E-state index in [1.165, 1.54) is 12.1 Å². The molecule has 0 saturated carbocycles. The van der Waals surface area contributed by atoms with Crippen molar-refractivity contribution in [2.75, 3.05) is 0 Å². The maximum Gasteiger partial charge on any atom is 0.416 e. The van der Waals surface area contributed by atoms with E-state index in [0.29, 0.717) is 27.8 Å². The molecule has 1 aliphatic rings. The van der Waals surface area contributed by atoms with Gasteiger partial charge in [-0.05, 0) is 17.7 Å². The van der Waals surface area contributed by atoms with Gasteiger partial charge in [0.2, 0.25) is 0 Å². The van der Waals surface area contributed by atoms with Crippen molar-refractivity contribution in [2.45, 2.75) is 30.9 Å². The summed E-state index contributed by atoms with van der Waals surface area (Å²) in [5, 5.41) is -0.961. The molecule has 0 unspecified atom stereocenters. The third-order valence-electron chi connectivity index (χ3n) is 6.23. The highest BCUT2D eigenvalue weighted by Gasteiger charge is 2.66. The van der Waals surface area contributed by atoms with Crippen LogP contribution in [0.25, 0.3) is 0 Å². The molecule has 0 aromatic heterocycles. The number of ketones is 2. The number of allylic oxidation sites excluding steroid dienone is 2. The van der Waals surface area contributed by atoms with E-state index in [9.17, 15) is 22.8 Å². The van der Waals surface area contributed by atoms with E-state index in [1.807, 2.05) is 19.6 Å². The van der Waals surface area contributed by atoms with Crippen LogP contribution in [0.15, 0.2) is 96.1 Å². The van der Waals surface area contributed by atoms with Crippen molar-refractivity contribution in [3.63, 3.8) is 0 Å². The fraction of sp³-hybridized carbons (Fsp3) is 0.185. The summed E-state index contributed by atoms with van der Waals surface area (Å²) >= 11 is 0. The zero-order valence-electron chi connectivity index (χ0n) is 18.5. The Hall–Kier alpha value is -3.25. The maximum atomic E-state index is 13.6. The predicted octanol–water partition coefficient (Wildman–Crippen LogP) is 6.90. The Bertz CT molecular complexity index is 1180. The number of carbonyl (C=O) groups is 2. The summed E-state index contributed by atoms with van der Waals surface area (Å²) in [6, 6.07) is 22.3. The molecule has 6 heteroatoms. The minimum atomic E-state index is -4.47. The van der Waals surface area contributed by atoms with Crippen LogP contribution >= 0.6 is 0 Å². The Morgan fingerprint density at radius 2 is 1.06 bits per heavy atom. The maximum absolute atomic E-state index is 13.6. The summed E-state index contributed by atoms with van der Waals surface area (Å²) < 4.78 is 39.6. The molecule has 33 heavy (non-hydrogen) atoms. The van der Waals surface area contributed by atoms with Crippen LogP contribution in [0.3, 0.4) is 0 Å². The van der Waals surface area contributed by atoms with Gasteiger partial charge in [-0.1, -0.05) is 92.4 Å². The van der Waals surface area contributed by atoms with E-state index in [4.69, 9.17) is 0 Å². The highest BCUT2D eigenvalue weighted by atomic mass is 28.3. The normalized spacial score (nSPS) is 15.3. The quantitative estimate of drug-likeness (QED) is 0.294. The molecule has 0 atom stereocenters.